The van der Waals surface area contributed by atoms with Crippen LogP contribution in [-0.4, -0.2) is 10.8 Å². The molecule has 1 aromatic heterocycles. The summed E-state index contributed by atoms with van der Waals surface area (Å²) < 4.78 is 18.8. The Morgan fingerprint density at radius 1 is 1.25 bits per heavy atom. The number of nitrogen functional groups attached to an aromatic ring is 1. The molecule has 0 aliphatic heterocycles. The van der Waals surface area contributed by atoms with Crippen molar-refractivity contribution >= 4 is 5.84 Å². The summed E-state index contributed by atoms with van der Waals surface area (Å²) in [5.74, 6) is 0.364. The van der Waals surface area contributed by atoms with Crippen molar-refractivity contribution < 1.29 is 9.13 Å². The number of benzene rings is 1. The number of halogens is 1. The quantitative estimate of drug-likeness (QED) is 0.664. The maximum Gasteiger partial charge on any atom is 0.141 e. The summed E-state index contributed by atoms with van der Waals surface area (Å²) in [4.78, 5) is 3.78. The number of nitrogens with two attached hydrogens (primary N) is 1. The van der Waals surface area contributed by atoms with Crippen LogP contribution >= 0.6 is 0 Å². The molecule has 2 rings (SSSR count). The first-order valence-corrected chi connectivity index (χ1v) is 6.15. The van der Waals surface area contributed by atoms with Crippen molar-refractivity contribution in [1.29, 1.82) is 5.41 Å². The molecule has 20 heavy (non-hydrogen) atoms. The first-order chi connectivity index (χ1) is 9.47. The summed E-state index contributed by atoms with van der Waals surface area (Å²) in [6.07, 6.45) is 2.72. The first kappa shape index (κ1) is 14.0. The first-order valence-electron chi connectivity index (χ1n) is 6.15. The van der Waals surface area contributed by atoms with Crippen LogP contribution in [-0.2, 0) is 6.61 Å². The highest BCUT2D eigenvalue weighted by atomic mass is 19.1. The summed E-state index contributed by atoms with van der Waals surface area (Å²) in [5.41, 5.74) is 8.59. The molecular weight excluding hydrogens is 257 g/mol. The number of aromatic nitrogens is 1. The van der Waals surface area contributed by atoms with E-state index in [-0.39, 0.29) is 18.3 Å². The van der Waals surface area contributed by atoms with Crippen LogP contribution in [0.1, 0.15) is 22.3 Å². The molecule has 3 N–H and O–H groups in total. The van der Waals surface area contributed by atoms with Gasteiger partial charge in [0.25, 0.3) is 0 Å². The van der Waals surface area contributed by atoms with Crippen molar-refractivity contribution in [3.05, 3.63) is 58.7 Å². The minimum absolute atomic E-state index is 0.0251. The van der Waals surface area contributed by atoms with Crippen molar-refractivity contribution in [2.75, 3.05) is 0 Å². The molecule has 0 unspecified atom stereocenters. The SMILES string of the molecule is Cc1cc(C(=N)N)cc(C)c1OCc1cncc(F)c1. The molecule has 1 heterocycles. The third kappa shape index (κ3) is 3.12. The number of rotatable bonds is 4. The van der Waals surface area contributed by atoms with Gasteiger partial charge < -0.3 is 10.5 Å². The number of nitrogens with zero attached hydrogens (tertiary/aromatic N) is 1. The number of pyridine rings is 1. The van der Waals surface area contributed by atoms with Gasteiger partial charge in [0.15, 0.2) is 0 Å². The number of hydrogen-bond acceptors (Lipinski definition) is 3. The standard InChI is InChI=1S/C15H16FN3O/c1-9-3-12(15(17)18)4-10(2)14(9)20-8-11-5-13(16)7-19-6-11/h3-7H,8H2,1-2H3,(H3,17,18). The molecule has 1 aromatic carbocycles. The summed E-state index contributed by atoms with van der Waals surface area (Å²) in [6, 6.07) is 4.99. The largest absolute Gasteiger partial charge is 0.488 e. The van der Waals surface area contributed by atoms with E-state index in [0.29, 0.717) is 11.1 Å². The van der Waals surface area contributed by atoms with Gasteiger partial charge in [0.05, 0.1) is 6.20 Å². The fourth-order valence-corrected chi connectivity index (χ4v) is 2.02. The van der Waals surface area contributed by atoms with Gasteiger partial charge in [0, 0.05) is 17.3 Å². The maximum absolute atomic E-state index is 13.0. The van der Waals surface area contributed by atoms with Gasteiger partial charge in [0.2, 0.25) is 0 Å². The molecule has 2 aromatic rings. The Balaban J connectivity index is 2.20. The number of amidine groups is 1. The molecule has 0 aliphatic carbocycles. The van der Waals surface area contributed by atoms with E-state index in [4.69, 9.17) is 15.9 Å². The van der Waals surface area contributed by atoms with Crippen molar-refractivity contribution in [2.24, 2.45) is 5.73 Å². The zero-order valence-electron chi connectivity index (χ0n) is 11.4. The highest BCUT2D eigenvalue weighted by molar-refractivity contribution is 5.95. The Morgan fingerprint density at radius 2 is 1.90 bits per heavy atom. The third-order valence-electron chi connectivity index (χ3n) is 2.92. The number of aryl methyl sites for hydroxylation is 2. The minimum atomic E-state index is -0.383. The summed E-state index contributed by atoms with van der Waals surface area (Å²) in [7, 11) is 0. The third-order valence-corrected chi connectivity index (χ3v) is 2.92. The Hall–Kier alpha value is -2.43. The van der Waals surface area contributed by atoms with E-state index in [1.807, 2.05) is 13.8 Å². The lowest BCUT2D eigenvalue weighted by Gasteiger charge is -2.13. The van der Waals surface area contributed by atoms with Gasteiger partial charge in [-0.25, -0.2) is 4.39 Å². The van der Waals surface area contributed by atoms with E-state index in [1.165, 1.54) is 6.07 Å². The lowest BCUT2D eigenvalue weighted by Crippen LogP contribution is -2.12. The monoisotopic (exact) mass is 273 g/mol. The smallest absolute Gasteiger partial charge is 0.141 e. The number of hydrogen-bond donors (Lipinski definition) is 2. The molecule has 0 radical (unpaired) electrons. The van der Waals surface area contributed by atoms with Gasteiger partial charge in [-0.15, -0.1) is 0 Å². The topological polar surface area (TPSA) is 72.0 Å². The highest BCUT2D eigenvalue weighted by Gasteiger charge is 2.08. The molecule has 0 aliphatic rings. The zero-order valence-corrected chi connectivity index (χ0v) is 11.4. The fraction of sp³-hybridized carbons (Fsp3) is 0.200. The second-order valence-corrected chi connectivity index (χ2v) is 4.65. The summed E-state index contributed by atoms with van der Waals surface area (Å²) >= 11 is 0. The molecular formula is C15H16FN3O. The van der Waals surface area contributed by atoms with Gasteiger partial charge in [-0.05, 0) is 43.2 Å². The van der Waals surface area contributed by atoms with Gasteiger partial charge >= 0.3 is 0 Å². The normalized spacial score (nSPS) is 10.3. The van der Waals surface area contributed by atoms with Crippen LogP contribution < -0.4 is 10.5 Å². The van der Waals surface area contributed by atoms with E-state index in [2.05, 4.69) is 4.98 Å². The molecule has 5 heteroatoms. The van der Waals surface area contributed by atoms with Crippen LogP contribution in [0.2, 0.25) is 0 Å². The Bertz CT molecular complexity index is 632. The van der Waals surface area contributed by atoms with Crippen molar-refractivity contribution in [3.63, 3.8) is 0 Å². The second-order valence-electron chi connectivity index (χ2n) is 4.65. The fourth-order valence-electron chi connectivity index (χ4n) is 2.02. The van der Waals surface area contributed by atoms with E-state index >= 15 is 0 Å². The second kappa shape index (κ2) is 5.69. The van der Waals surface area contributed by atoms with Gasteiger partial charge in [-0.2, -0.15) is 0 Å². The summed E-state index contributed by atoms with van der Waals surface area (Å²) in [6.45, 7) is 4.02. The molecule has 0 saturated heterocycles. The Morgan fingerprint density at radius 3 is 2.45 bits per heavy atom. The van der Waals surface area contributed by atoms with Crippen LogP contribution in [0.15, 0.2) is 30.6 Å². The van der Waals surface area contributed by atoms with Gasteiger partial charge in [0.1, 0.15) is 24.0 Å². The lowest BCUT2D eigenvalue weighted by molar-refractivity contribution is 0.301. The molecule has 4 nitrogen and oxygen atoms in total. The molecule has 104 valence electrons. The molecule has 0 atom stereocenters. The van der Waals surface area contributed by atoms with Crippen molar-refractivity contribution in [3.8, 4) is 5.75 Å². The average Bonchev–Trinajstić information content (AvgIpc) is 2.37. The van der Waals surface area contributed by atoms with E-state index in [0.717, 1.165) is 23.1 Å². The van der Waals surface area contributed by atoms with Crippen LogP contribution in [0.5, 0.6) is 5.75 Å². The average molecular weight is 273 g/mol. The lowest BCUT2D eigenvalue weighted by atomic mass is 10.1. The van der Waals surface area contributed by atoms with Crippen LogP contribution in [0, 0.1) is 25.1 Å². The predicted octanol–water partition coefficient (Wildman–Crippen LogP) is 2.70. The Labute approximate surface area is 116 Å². The van der Waals surface area contributed by atoms with E-state index in [9.17, 15) is 4.39 Å². The van der Waals surface area contributed by atoms with Crippen LogP contribution in [0.3, 0.4) is 0 Å². The van der Waals surface area contributed by atoms with Gasteiger partial charge in [-0.3, -0.25) is 10.4 Å². The number of ether oxygens (including phenoxy) is 1. The summed E-state index contributed by atoms with van der Waals surface area (Å²) in [5, 5.41) is 7.45. The van der Waals surface area contributed by atoms with Crippen molar-refractivity contribution in [1.82, 2.24) is 4.98 Å². The van der Waals surface area contributed by atoms with Crippen molar-refractivity contribution in [2.45, 2.75) is 20.5 Å². The Kier molecular flexibility index (Phi) is 3.98. The van der Waals surface area contributed by atoms with Gasteiger partial charge in [-0.1, -0.05) is 0 Å². The molecule has 0 saturated carbocycles. The molecule has 0 amide bonds. The van der Waals surface area contributed by atoms with Crippen LogP contribution in [0.25, 0.3) is 0 Å². The highest BCUT2D eigenvalue weighted by Crippen LogP contribution is 2.25. The van der Waals surface area contributed by atoms with Crippen LogP contribution in [0.4, 0.5) is 4.39 Å². The molecule has 0 bridgehead atoms. The molecule has 0 fully saturated rings. The van der Waals surface area contributed by atoms with E-state index in [1.54, 1.807) is 18.3 Å². The zero-order chi connectivity index (χ0) is 14.7. The molecule has 0 spiro atoms. The maximum atomic E-state index is 13.0. The number of nitrogens with one attached hydrogen (secondary N) is 1. The predicted molar refractivity (Wildman–Crippen MR) is 75.5 cm³/mol. The minimum Gasteiger partial charge on any atom is -0.488 e. The van der Waals surface area contributed by atoms with E-state index < -0.39 is 0 Å².